The molecule has 0 bridgehead atoms. The Labute approximate surface area is 222 Å². The van der Waals surface area contributed by atoms with Gasteiger partial charge in [-0.25, -0.2) is 4.79 Å². The highest BCUT2D eigenvalue weighted by molar-refractivity contribution is 7.15. The number of aliphatic hydroxyl groups is 1. The highest BCUT2D eigenvalue weighted by Crippen LogP contribution is 2.31. The molecule has 37 heavy (non-hydrogen) atoms. The van der Waals surface area contributed by atoms with Crippen molar-refractivity contribution in [1.29, 1.82) is 5.26 Å². The number of nitrogens with one attached hydrogen (secondary N) is 1. The maximum absolute atomic E-state index is 12.6. The second kappa shape index (κ2) is 12.2. The first-order valence-electron chi connectivity index (χ1n) is 12.7. The number of rotatable bonds is 7. The Morgan fingerprint density at radius 1 is 1.35 bits per heavy atom. The zero-order chi connectivity index (χ0) is 26.4. The number of amides is 2. The number of aromatic nitrogens is 2. The van der Waals surface area contributed by atoms with Crippen LogP contribution in [0.4, 0.5) is 4.79 Å². The first-order chi connectivity index (χ1) is 17.8. The van der Waals surface area contributed by atoms with E-state index in [9.17, 15) is 15.2 Å². The summed E-state index contributed by atoms with van der Waals surface area (Å²) in [6.07, 6.45) is 9.90. The lowest BCUT2D eigenvalue weighted by atomic mass is 10.1. The zero-order valence-corrected chi connectivity index (χ0v) is 22.1. The molecular weight excluding hydrogens is 486 g/mol. The van der Waals surface area contributed by atoms with Crippen molar-refractivity contribution in [3.8, 4) is 22.4 Å². The van der Waals surface area contributed by atoms with E-state index in [1.54, 1.807) is 17.0 Å². The SMILES string of the molecule is C=C(C=CC=C1CCCC1NC(=O)N1CCCC(O)C1)c1nnc(-c2ccc(OC(C)C)c(C#N)c2)s1. The molecule has 194 valence electrons. The van der Waals surface area contributed by atoms with Crippen molar-refractivity contribution >= 4 is 22.9 Å². The largest absolute Gasteiger partial charge is 0.490 e. The lowest BCUT2D eigenvalue weighted by Gasteiger charge is -2.31. The van der Waals surface area contributed by atoms with Crippen molar-refractivity contribution in [1.82, 2.24) is 20.4 Å². The Morgan fingerprint density at radius 2 is 2.19 bits per heavy atom. The number of piperidine rings is 1. The standard InChI is InChI=1S/C28H33N5O3S/c1-18(2)36-25-13-12-21(15-22(25)16-29)27-32-31-26(37-27)19(3)7-4-8-20-9-5-11-24(20)30-28(35)33-14-6-10-23(34)17-33/h4,7-8,12-13,15,18,23-24,34H,3,5-6,9-11,14,17H2,1-2H3,(H,30,35). The topological polar surface area (TPSA) is 111 Å². The van der Waals surface area contributed by atoms with E-state index in [0.29, 0.717) is 34.4 Å². The predicted octanol–water partition coefficient (Wildman–Crippen LogP) is 5.08. The summed E-state index contributed by atoms with van der Waals surface area (Å²) in [6.45, 7) is 9.06. The molecule has 9 heteroatoms. The van der Waals surface area contributed by atoms with Crippen LogP contribution in [0.15, 0.2) is 48.6 Å². The Bertz CT molecular complexity index is 1240. The summed E-state index contributed by atoms with van der Waals surface area (Å²) in [7, 11) is 0. The minimum Gasteiger partial charge on any atom is -0.490 e. The number of nitrogens with zero attached hydrogens (tertiary/aromatic N) is 4. The second-order valence-electron chi connectivity index (χ2n) is 9.66. The van der Waals surface area contributed by atoms with E-state index >= 15 is 0 Å². The van der Waals surface area contributed by atoms with Crippen molar-refractivity contribution in [3.63, 3.8) is 0 Å². The monoisotopic (exact) mass is 519 g/mol. The Morgan fingerprint density at radius 3 is 2.95 bits per heavy atom. The van der Waals surface area contributed by atoms with E-state index in [-0.39, 0.29) is 18.2 Å². The number of benzene rings is 1. The number of aliphatic hydroxyl groups excluding tert-OH is 1. The summed E-state index contributed by atoms with van der Waals surface area (Å²) in [6, 6.07) is 7.53. The van der Waals surface area contributed by atoms with Crippen molar-refractivity contribution in [2.24, 2.45) is 0 Å². The highest BCUT2D eigenvalue weighted by atomic mass is 32.1. The maximum Gasteiger partial charge on any atom is 0.317 e. The third-order valence-corrected chi connectivity index (χ3v) is 7.45. The molecule has 1 aromatic heterocycles. The molecule has 1 saturated heterocycles. The van der Waals surface area contributed by atoms with Crippen molar-refractivity contribution in [2.45, 2.75) is 64.2 Å². The third-order valence-electron chi connectivity index (χ3n) is 6.40. The van der Waals surface area contributed by atoms with E-state index < -0.39 is 6.10 Å². The Hall–Kier alpha value is -3.48. The number of hydrogen-bond acceptors (Lipinski definition) is 7. The molecule has 1 saturated carbocycles. The average Bonchev–Trinajstić information content (AvgIpc) is 3.54. The fourth-order valence-corrected chi connectivity index (χ4v) is 5.34. The summed E-state index contributed by atoms with van der Waals surface area (Å²) in [5.41, 5.74) is 3.19. The van der Waals surface area contributed by atoms with E-state index in [2.05, 4.69) is 28.2 Å². The molecule has 1 aliphatic heterocycles. The summed E-state index contributed by atoms with van der Waals surface area (Å²) >= 11 is 1.41. The van der Waals surface area contributed by atoms with Crippen molar-refractivity contribution < 1.29 is 14.6 Å². The van der Waals surface area contributed by atoms with E-state index in [0.717, 1.165) is 43.2 Å². The van der Waals surface area contributed by atoms with Gasteiger partial charge in [0, 0.05) is 24.2 Å². The third kappa shape index (κ3) is 6.85. The smallest absolute Gasteiger partial charge is 0.317 e. The molecule has 1 aromatic carbocycles. The van der Waals surface area contributed by atoms with Crippen LogP contribution in [0.25, 0.3) is 16.1 Å². The molecule has 1 aliphatic carbocycles. The number of hydrogen-bond donors (Lipinski definition) is 2. The van der Waals surface area contributed by atoms with E-state index in [1.165, 1.54) is 16.9 Å². The molecular formula is C28H33N5O3S. The molecule has 8 nitrogen and oxygen atoms in total. The number of likely N-dealkylation sites (tertiary alicyclic amines) is 1. The van der Waals surface area contributed by atoms with Crippen LogP contribution in [0.5, 0.6) is 5.75 Å². The zero-order valence-electron chi connectivity index (χ0n) is 21.3. The van der Waals surface area contributed by atoms with Crippen LogP contribution in [0.2, 0.25) is 0 Å². The molecule has 2 N–H and O–H groups in total. The van der Waals surface area contributed by atoms with Gasteiger partial charge in [0.2, 0.25) is 0 Å². The van der Waals surface area contributed by atoms with Crippen LogP contribution in [-0.4, -0.2) is 57.6 Å². The molecule has 2 amide bonds. The van der Waals surface area contributed by atoms with Crippen LogP contribution >= 0.6 is 11.3 Å². The number of ether oxygens (including phenoxy) is 1. The minimum atomic E-state index is -0.431. The Kier molecular flexibility index (Phi) is 8.74. The minimum absolute atomic E-state index is 0.00888. The molecule has 2 fully saturated rings. The number of carbonyl (C=O) groups excluding carboxylic acids is 1. The van der Waals surface area contributed by atoms with Gasteiger partial charge in [0.25, 0.3) is 0 Å². The summed E-state index contributed by atoms with van der Waals surface area (Å²) in [5, 5.41) is 32.5. The second-order valence-corrected chi connectivity index (χ2v) is 10.6. The number of urea groups is 1. The van der Waals surface area contributed by atoms with E-state index in [4.69, 9.17) is 4.74 Å². The van der Waals surface area contributed by atoms with Gasteiger partial charge in [-0.15, -0.1) is 10.2 Å². The number of nitriles is 1. The molecule has 2 aliphatic rings. The van der Waals surface area contributed by atoms with Gasteiger partial charge in [0.15, 0.2) is 0 Å². The quantitative estimate of drug-likeness (QED) is 0.494. The molecule has 2 aromatic rings. The number of allylic oxidation sites excluding steroid dienone is 4. The van der Waals surface area contributed by atoms with Crippen molar-refractivity contribution in [3.05, 3.63) is 59.2 Å². The molecule has 2 unspecified atom stereocenters. The van der Waals surface area contributed by atoms with Gasteiger partial charge < -0.3 is 20.1 Å². The summed E-state index contributed by atoms with van der Waals surface area (Å²) in [5.74, 6) is 0.557. The Balaban J connectivity index is 1.38. The van der Waals surface area contributed by atoms with Crippen molar-refractivity contribution in [2.75, 3.05) is 13.1 Å². The molecule has 2 heterocycles. The van der Waals surface area contributed by atoms with Crippen LogP contribution in [0.1, 0.15) is 56.5 Å². The van der Waals surface area contributed by atoms with Crippen LogP contribution < -0.4 is 10.1 Å². The van der Waals surface area contributed by atoms with Gasteiger partial charge in [0.1, 0.15) is 21.8 Å². The van der Waals surface area contributed by atoms with Gasteiger partial charge in [-0.1, -0.05) is 36.1 Å². The maximum atomic E-state index is 12.6. The average molecular weight is 520 g/mol. The van der Waals surface area contributed by atoms with Crippen LogP contribution in [0, 0.1) is 11.3 Å². The number of carbonyl (C=O) groups is 1. The molecule has 2 atom stereocenters. The van der Waals surface area contributed by atoms with Crippen LogP contribution in [0.3, 0.4) is 0 Å². The summed E-state index contributed by atoms with van der Waals surface area (Å²) in [4.78, 5) is 14.4. The molecule has 4 rings (SSSR count). The molecule has 0 spiro atoms. The first kappa shape index (κ1) is 26.6. The highest BCUT2D eigenvalue weighted by Gasteiger charge is 2.27. The molecule has 0 radical (unpaired) electrons. The lowest BCUT2D eigenvalue weighted by molar-refractivity contribution is 0.0837. The fraction of sp³-hybridized carbons (Fsp3) is 0.429. The van der Waals surface area contributed by atoms with Gasteiger partial charge >= 0.3 is 6.03 Å². The first-order valence-corrected chi connectivity index (χ1v) is 13.5. The van der Waals surface area contributed by atoms with Gasteiger partial charge in [-0.2, -0.15) is 5.26 Å². The summed E-state index contributed by atoms with van der Waals surface area (Å²) < 4.78 is 5.70. The van der Waals surface area contributed by atoms with Gasteiger partial charge in [0.05, 0.1) is 23.8 Å². The normalized spacial score (nSPS) is 20.9. The fourth-order valence-electron chi connectivity index (χ4n) is 4.55. The van der Waals surface area contributed by atoms with Crippen LogP contribution in [-0.2, 0) is 0 Å². The van der Waals surface area contributed by atoms with Gasteiger partial charge in [-0.3, -0.25) is 0 Å². The van der Waals surface area contributed by atoms with E-state index in [1.807, 2.05) is 38.1 Å². The predicted molar refractivity (Wildman–Crippen MR) is 145 cm³/mol. The van der Waals surface area contributed by atoms with Gasteiger partial charge in [-0.05, 0) is 69.7 Å². The lowest BCUT2D eigenvalue weighted by Crippen LogP contribution is -2.49. The number of β-amino-alcohol motifs (C(OH)–C–C–N with tert-alkyl or cyclic N) is 1.